The molecule has 0 fully saturated rings. The van der Waals surface area contributed by atoms with Crippen LogP contribution in [-0.2, 0) is 9.53 Å². The fourth-order valence-electron chi connectivity index (χ4n) is 1.02. The molecule has 1 aromatic rings. The Hall–Kier alpha value is -1.10. The molecule has 4 nitrogen and oxygen atoms in total. The second-order valence-electron chi connectivity index (χ2n) is 4.30. The van der Waals surface area contributed by atoms with E-state index in [1.54, 1.807) is 12.3 Å². The van der Waals surface area contributed by atoms with Gasteiger partial charge in [0, 0.05) is 10.7 Å². The molecule has 0 aliphatic carbocycles. The summed E-state index contributed by atoms with van der Waals surface area (Å²) < 4.78 is 6.04. The van der Waals surface area contributed by atoms with E-state index >= 15 is 0 Å². The fraction of sp³-hybridized carbons (Fsp3) is 0.455. The molecule has 1 rings (SSSR count). The first-order valence-electron chi connectivity index (χ1n) is 4.94. The van der Waals surface area contributed by atoms with Crippen LogP contribution in [0.25, 0.3) is 0 Å². The summed E-state index contributed by atoms with van der Waals surface area (Å²) in [6, 6.07) is 3.64. The standard InChI is InChI=1S/C11H15BrN2O2/c1-11(2,3)16-10(15)7-14-9-5-4-8(12)6-13-9/h4-6H,7H2,1-3H3,(H,13,14). The molecule has 0 aliphatic rings. The van der Waals surface area contributed by atoms with Gasteiger partial charge < -0.3 is 10.1 Å². The van der Waals surface area contributed by atoms with Crippen LogP contribution in [0.15, 0.2) is 22.8 Å². The molecule has 0 aromatic carbocycles. The van der Waals surface area contributed by atoms with Crippen molar-refractivity contribution in [2.24, 2.45) is 0 Å². The van der Waals surface area contributed by atoms with Gasteiger partial charge in [0.2, 0.25) is 0 Å². The molecule has 0 radical (unpaired) electrons. The number of nitrogens with zero attached hydrogens (tertiary/aromatic N) is 1. The number of ether oxygens (including phenoxy) is 1. The van der Waals surface area contributed by atoms with E-state index in [-0.39, 0.29) is 12.5 Å². The molecule has 0 amide bonds. The van der Waals surface area contributed by atoms with Crippen LogP contribution in [0.3, 0.4) is 0 Å². The average Bonchev–Trinajstić information content (AvgIpc) is 2.14. The van der Waals surface area contributed by atoms with Gasteiger partial charge in [-0.25, -0.2) is 4.98 Å². The molecule has 0 unspecified atom stereocenters. The molecular weight excluding hydrogens is 272 g/mol. The van der Waals surface area contributed by atoms with Crippen LogP contribution in [0.5, 0.6) is 0 Å². The largest absolute Gasteiger partial charge is 0.459 e. The van der Waals surface area contributed by atoms with E-state index in [4.69, 9.17) is 4.74 Å². The lowest BCUT2D eigenvalue weighted by molar-refractivity contribution is -0.152. The smallest absolute Gasteiger partial charge is 0.325 e. The van der Waals surface area contributed by atoms with Crippen LogP contribution < -0.4 is 5.32 Å². The highest BCUT2D eigenvalue weighted by Crippen LogP contribution is 2.11. The van der Waals surface area contributed by atoms with Gasteiger partial charge in [-0.15, -0.1) is 0 Å². The Balaban J connectivity index is 2.40. The maximum Gasteiger partial charge on any atom is 0.325 e. The third-order valence-electron chi connectivity index (χ3n) is 1.56. The number of hydrogen-bond acceptors (Lipinski definition) is 4. The zero-order valence-electron chi connectivity index (χ0n) is 9.58. The minimum absolute atomic E-state index is 0.117. The first-order chi connectivity index (χ1) is 7.37. The highest BCUT2D eigenvalue weighted by Gasteiger charge is 2.15. The van der Waals surface area contributed by atoms with Crippen LogP contribution in [0.1, 0.15) is 20.8 Å². The number of aromatic nitrogens is 1. The summed E-state index contributed by atoms with van der Waals surface area (Å²) in [5.74, 6) is 0.353. The van der Waals surface area contributed by atoms with E-state index in [2.05, 4.69) is 26.2 Å². The van der Waals surface area contributed by atoms with E-state index in [0.29, 0.717) is 5.82 Å². The Morgan fingerprint density at radius 1 is 1.50 bits per heavy atom. The van der Waals surface area contributed by atoms with Crippen molar-refractivity contribution >= 4 is 27.7 Å². The first kappa shape index (κ1) is 13.0. The van der Waals surface area contributed by atoms with Crippen LogP contribution in [0.4, 0.5) is 5.82 Å². The molecule has 0 saturated heterocycles. The SMILES string of the molecule is CC(C)(C)OC(=O)CNc1ccc(Br)cn1. The lowest BCUT2D eigenvalue weighted by Crippen LogP contribution is -2.28. The van der Waals surface area contributed by atoms with E-state index in [9.17, 15) is 4.79 Å². The van der Waals surface area contributed by atoms with Crippen molar-refractivity contribution in [2.75, 3.05) is 11.9 Å². The molecule has 1 aromatic heterocycles. The van der Waals surface area contributed by atoms with Crippen molar-refractivity contribution in [2.45, 2.75) is 26.4 Å². The molecule has 88 valence electrons. The van der Waals surface area contributed by atoms with Crippen molar-refractivity contribution in [1.82, 2.24) is 4.98 Å². The van der Waals surface area contributed by atoms with Crippen LogP contribution in [0.2, 0.25) is 0 Å². The van der Waals surface area contributed by atoms with Crippen LogP contribution in [-0.4, -0.2) is 23.1 Å². The highest BCUT2D eigenvalue weighted by molar-refractivity contribution is 9.10. The lowest BCUT2D eigenvalue weighted by Gasteiger charge is -2.19. The summed E-state index contributed by atoms with van der Waals surface area (Å²) in [5, 5.41) is 2.89. The number of rotatable bonds is 3. The van der Waals surface area contributed by atoms with Gasteiger partial charge in [0.15, 0.2) is 0 Å². The summed E-state index contributed by atoms with van der Waals surface area (Å²) >= 11 is 3.28. The Morgan fingerprint density at radius 3 is 2.69 bits per heavy atom. The van der Waals surface area contributed by atoms with Crippen molar-refractivity contribution in [3.05, 3.63) is 22.8 Å². The number of hydrogen-bond donors (Lipinski definition) is 1. The van der Waals surface area contributed by atoms with Crippen molar-refractivity contribution in [1.29, 1.82) is 0 Å². The highest BCUT2D eigenvalue weighted by atomic mass is 79.9. The molecule has 16 heavy (non-hydrogen) atoms. The second kappa shape index (κ2) is 5.30. The summed E-state index contributed by atoms with van der Waals surface area (Å²) in [4.78, 5) is 15.5. The van der Waals surface area contributed by atoms with E-state index in [1.807, 2.05) is 26.8 Å². The number of esters is 1. The minimum atomic E-state index is -0.452. The number of carbonyl (C=O) groups is 1. The maximum absolute atomic E-state index is 11.4. The minimum Gasteiger partial charge on any atom is -0.459 e. The van der Waals surface area contributed by atoms with Crippen LogP contribution in [0, 0.1) is 0 Å². The molecule has 0 bridgehead atoms. The maximum atomic E-state index is 11.4. The molecule has 5 heteroatoms. The molecular formula is C11H15BrN2O2. The van der Waals surface area contributed by atoms with Crippen molar-refractivity contribution in [3.8, 4) is 0 Å². The van der Waals surface area contributed by atoms with Gasteiger partial charge in [-0.1, -0.05) is 0 Å². The summed E-state index contributed by atoms with van der Waals surface area (Å²) in [7, 11) is 0. The second-order valence-corrected chi connectivity index (χ2v) is 5.22. The number of carbonyl (C=O) groups excluding carboxylic acids is 1. The number of halogens is 1. The monoisotopic (exact) mass is 286 g/mol. The van der Waals surface area contributed by atoms with E-state index in [0.717, 1.165) is 4.47 Å². The van der Waals surface area contributed by atoms with Crippen LogP contribution >= 0.6 is 15.9 Å². The molecule has 1 N–H and O–H groups in total. The predicted octanol–water partition coefficient (Wildman–Crippen LogP) is 2.60. The third-order valence-corrected chi connectivity index (χ3v) is 2.03. The number of nitrogens with one attached hydrogen (secondary N) is 1. The third kappa shape index (κ3) is 5.11. The van der Waals surface area contributed by atoms with Gasteiger partial charge in [0.25, 0.3) is 0 Å². The summed E-state index contributed by atoms with van der Waals surface area (Å²) in [6.45, 7) is 5.63. The molecule has 0 saturated carbocycles. The number of anilines is 1. The van der Waals surface area contributed by atoms with Crippen molar-refractivity contribution < 1.29 is 9.53 Å². The normalized spacial score (nSPS) is 11.0. The number of pyridine rings is 1. The van der Waals surface area contributed by atoms with Gasteiger partial charge in [0.05, 0.1) is 0 Å². The Morgan fingerprint density at radius 2 is 2.19 bits per heavy atom. The predicted molar refractivity (Wildman–Crippen MR) is 66.3 cm³/mol. The first-order valence-corrected chi connectivity index (χ1v) is 5.73. The summed E-state index contributed by atoms with van der Waals surface area (Å²) in [6.07, 6.45) is 1.66. The van der Waals surface area contributed by atoms with Gasteiger partial charge in [-0.2, -0.15) is 0 Å². The zero-order valence-corrected chi connectivity index (χ0v) is 11.2. The lowest BCUT2D eigenvalue weighted by atomic mass is 10.2. The fourth-order valence-corrected chi connectivity index (χ4v) is 1.26. The van der Waals surface area contributed by atoms with E-state index in [1.165, 1.54) is 0 Å². The van der Waals surface area contributed by atoms with Gasteiger partial charge in [0.1, 0.15) is 18.0 Å². The molecule has 0 atom stereocenters. The van der Waals surface area contributed by atoms with Gasteiger partial charge in [-0.05, 0) is 48.8 Å². The Bertz CT molecular complexity index is 357. The summed E-state index contributed by atoms with van der Waals surface area (Å²) in [5.41, 5.74) is -0.452. The molecule has 0 spiro atoms. The van der Waals surface area contributed by atoms with Gasteiger partial charge in [-0.3, -0.25) is 4.79 Å². The Kier molecular flexibility index (Phi) is 4.29. The topological polar surface area (TPSA) is 51.2 Å². The van der Waals surface area contributed by atoms with Crippen molar-refractivity contribution in [3.63, 3.8) is 0 Å². The molecule has 1 heterocycles. The quantitative estimate of drug-likeness (QED) is 0.868. The zero-order chi connectivity index (χ0) is 12.2. The average molecular weight is 287 g/mol. The van der Waals surface area contributed by atoms with Gasteiger partial charge >= 0.3 is 5.97 Å². The van der Waals surface area contributed by atoms with E-state index < -0.39 is 5.60 Å². The Labute approximate surface area is 104 Å². The molecule has 0 aliphatic heterocycles.